The van der Waals surface area contributed by atoms with E-state index in [4.69, 9.17) is 11.6 Å². The Kier molecular flexibility index (Phi) is 6.73. The Balaban J connectivity index is 1.39. The fourth-order valence-corrected chi connectivity index (χ4v) is 4.47. The van der Waals surface area contributed by atoms with Crippen LogP contribution in [0.4, 0.5) is 5.69 Å². The van der Waals surface area contributed by atoms with E-state index in [1.807, 2.05) is 12.1 Å². The summed E-state index contributed by atoms with van der Waals surface area (Å²) in [6, 6.07) is 11.7. The molecule has 26 heavy (non-hydrogen) atoms. The van der Waals surface area contributed by atoms with Crippen molar-refractivity contribution in [3.05, 3.63) is 50.1 Å². The van der Waals surface area contributed by atoms with E-state index in [-0.39, 0.29) is 24.5 Å². The number of nitrogens with one attached hydrogen (secondary N) is 1. The molecule has 0 aliphatic carbocycles. The number of rotatable bonds is 7. The molecular weight excluding hydrogens is 436 g/mol. The molecule has 4 nitrogen and oxygen atoms in total. The third kappa shape index (κ3) is 5.32. The molecule has 1 aliphatic heterocycles. The second kappa shape index (κ2) is 9.02. The number of benzene rings is 1. The first-order valence-electron chi connectivity index (χ1n) is 8.57. The van der Waals surface area contributed by atoms with Crippen molar-refractivity contribution in [2.75, 3.05) is 24.5 Å². The average molecular weight is 456 g/mol. The molecule has 138 valence electrons. The van der Waals surface area contributed by atoms with Gasteiger partial charge >= 0.3 is 0 Å². The molecule has 1 atom stereocenters. The summed E-state index contributed by atoms with van der Waals surface area (Å²) in [5.74, 6) is 0.338. The summed E-state index contributed by atoms with van der Waals surface area (Å²) in [7, 11) is 0. The third-order valence-electron chi connectivity index (χ3n) is 4.47. The van der Waals surface area contributed by atoms with E-state index in [0.717, 1.165) is 24.0 Å². The first-order valence-corrected chi connectivity index (χ1v) is 10.6. The van der Waals surface area contributed by atoms with Gasteiger partial charge in [-0.25, -0.2) is 0 Å². The van der Waals surface area contributed by atoms with Gasteiger partial charge in [-0.15, -0.1) is 11.3 Å². The van der Waals surface area contributed by atoms with Crippen LogP contribution in [0.15, 0.2) is 40.9 Å². The number of thiophene rings is 1. The topological polar surface area (TPSA) is 49.4 Å². The van der Waals surface area contributed by atoms with Crippen molar-refractivity contribution >= 4 is 56.2 Å². The number of ketones is 1. The van der Waals surface area contributed by atoms with Crippen molar-refractivity contribution < 1.29 is 9.59 Å². The van der Waals surface area contributed by atoms with Crippen LogP contribution >= 0.6 is 38.9 Å². The lowest BCUT2D eigenvalue weighted by atomic mass is 10.1. The maximum absolute atomic E-state index is 12.0. The maximum Gasteiger partial charge on any atom is 0.220 e. The SMILES string of the molecule is O=C(CCC(=O)c1ccc(Cl)s1)NCC1CCN(c2cccc(Br)c2)C1. The molecule has 2 aromatic rings. The quantitative estimate of drug-likeness (QED) is 0.612. The van der Waals surface area contributed by atoms with Gasteiger partial charge in [0.25, 0.3) is 0 Å². The fraction of sp³-hybridized carbons (Fsp3) is 0.368. The van der Waals surface area contributed by atoms with Crippen molar-refractivity contribution in [2.24, 2.45) is 5.92 Å². The minimum Gasteiger partial charge on any atom is -0.371 e. The Morgan fingerprint density at radius 2 is 2.12 bits per heavy atom. The summed E-state index contributed by atoms with van der Waals surface area (Å²) in [5, 5.41) is 2.97. The van der Waals surface area contributed by atoms with Crippen molar-refractivity contribution in [2.45, 2.75) is 19.3 Å². The number of anilines is 1. The van der Waals surface area contributed by atoms with Gasteiger partial charge in [0.1, 0.15) is 0 Å². The lowest BCUT2D eigenvalue weighted by Gasteiger charge is -2.19. The molecule has 2 heterocycles. The number of carbonyl (C=O) groups is 2. The van der Waals surface area contributed by atoms with Gasteiger partial charge in [-0.3, -0.25) is 9.59 Å². The molecule has 1 aliphatic rings. The molecule has 1 aromatic carbocycles. The number of Topliss-reactive ketones (excluding diaryl/α,β-unsaturated/α-hetero) is 1. The lowest BCUT2D eigenvalue weighted by molar-refractivity contribution is -0.121. The van der Waals surface area contributed by atoms with Crippen molar-refractivity contribution in [1.82, 2.24) is 5.32 Å². The van der Waals surface area contributed by atoms with Crippen LogP contribution in [0.2, 0.25) is 4.34 Å². The number of carbonyl (C=O) groups excluding carboxylic acids is 2. The van der Waals surface area contributed by atoms with Crippen molar-refractivity contribution in [3.8, 4) is 0 Å². The van der Waals surface area contributed by atoms with E-state index in [2.05, 4.69) is 38.3 Å². The first kappa shape index (κ1) is 19.4. The summed E-state index contributed by atoms with van der Waals surface area (Å²) in [4.78, 5) is 27.0. The molecular formula is C19H20BrClN2O2S. The van der Waals surface area contributed by atoms with Crippen molar-refractivity contribution in [1.29, 1.82) is 0 Å². The monoisotopic (exact) mass is 454 g/mol. The van der Waals surface area contributed by atoms with Crippen LogP contribution in [0, 0.1) is 5.92 Å². The summed E-state index contributed by atoms with van der Waals surface area (Å²) in [6.45, 7) is 2.58. The molecule has 1 amide bonds. The Bertz CT molecular complexity index is 795. The third-order valence-corrected chi connectivity index (χ3v) is 6.24. The largest absolute Gasteiger partial charge is 0.371 e. The van der Waals surface area contributed by atoms with Gasteiger partial charge in [-0.05, 0) is 42.7 Å². The minimum absolute atomic E-state index is 0.0289. The lowest BCUT2D eigenvalue weighted by Crippen LogP contribution is -2.31. The molecule has 1 aromatic heterocycles. The highest BCUT2D eigenvalue weighted by molar-refractivity contribution is 9.10. The average Bonchev–Trinajstić information content (AvgIpc) is 3.27. The number of halogens is 2. The van der Waals surface area contributed by atoms with Gasteiger partial charge in [-0.2, -0.15) is 0 Å². The summed E-state index contributed by atoms with van der Waals surface area (Å²) in [5.41, 5.74) is 1.20. The number of hydrogen-bond acceptors (Lipinski definition) is 4. The molecule has 0 spiro atoms. The van der Waals surface area contributed by atoms with Gasteiger partial charge in [0.2, 0.25) is 5.91 Å². The molecule has 1 N–H and O–H groups in total. The molecule has 7 heteroatoms. The Morgan fingerprint density at radius 1 is 1.27 bits per heavy atom. The van der Waals surface area contributed by atoms with E-state index in [1.165, 1.54) is 17.0 Å². The molecule has 3 rings (SSSR count). The van der Waals surface area contributed by atoms with Crippen LogP contribution in [0.25, 0.3) is 0 Å². The second-order valence-electron chi connectivity index (χ2n) is 6.41. The van der Waals surface area contributed by atoms with E-state index in [0.29, 0.717) is 21.7 Å². The van der Waals surface area contributed by atoms with E-state index in [1.54, 1.807) is 12.1 Å². The summed E-state index contributed by atoms with van der Waals surface area (Å²) < 4.78 is 1.66. The normalized spacial score (nSPS) is 16.7. The van der Waals surface area contributed by atoms with Gasteiger partial charge in [0.05, 0.1) is 9.21 Å². The highest BCUT2D eigenvalue weighted by atomic mass is 79.9. The minimum atomic E-state index is -0.0677. The molecule has 0 radical (unpaired) electrons. The van der Waals surface area contributed by atoms with Crippen LogP contribution in [0.3, 0.4) is 0 Å². The molecule has 1 fully saturated rings. The Morgan fingerprint density at radius 3 is 2.85 bits per heavy atom. The fourth-order valence-electron chi connectivity index (χ4n) is 3.07. The first-order chi connectivity index (χ1) is 12.5. The van der Waals surface area contributed by atoms with E-state index < -0.39 is 0 Å². The summed E-state index contributed by atoms with van der Waals surface area (Å²) in [6.07, 6.45) is 1.49. The zero-order valence-electron chi connectivity index (χ0n) is 14.2. The highest BCUT2D eigenvalue weighted by Gasteiger charge is 2.23. The standard InChI is InChI=1S/C19H20BrClN2O2S/c20-14-2-1-3-15(10-14)23-9-8-13(12-23)11-22-19(25)7-4-16(24)17-5-6-18(21)26-17/h1-3,5-6,10,13H,4,7-9,11-12H2,(H,22,25). The van der Waals surface area contributed by atoms with Gasteiger partial charge in [0.15, 0.2) is 5.78 Å². The second-order valence-corrected chi connectivity index (χ2v) is 9.04. The predicted octanol–water partition coefficient (Wildman–Crippen LogP) is 4.77. The van der Waals surface area contributed by atoms with Gasteiger partial charge < -0.3 is 10.2 Å². The van der Waals surface area contributed by atoms with E-state index in [9.17, 15) is 9.59 Å². The highest BCUT2D eigenvalue weighted by Crippen LogP contribution is 2.26. The number of amides is 1. The van der Waals surface area contributed by atoms with Crippen LogP contribution in [-0.4, -0.2) is 31.3 Å². The van der Waals surface area contributed by atoms with Gasteiger partial charge in [-0.1, -0.05) is 33.6 Å². The smallest absolute Gasteiger partial charge is 0.220 e. The summed E-state index contributed by atoms with van der Waals surface area (Å²) >= 11 is 10.6. The maximum atomic E-state index is 12.0. The van der Waals surface area contributed by atoms with Crippen molar-refractivity contribution in [3.63, 3.8) is 0 Å². The number of hydrogen-bond donors (Lipinski definition) is 1. The van der Waals surface area contributed by atoms with E-state index >= 15 is 0 Å². The Labute approximate surface area is 170 Å². The van der Waals surface area contributed by atoms with Gasteiger partial charge in [0, 0.05) is 42.6 Å². The predicted molar refractivity (Wildman–Crippen MR) is 110 cm³/mol. The van der Waals surface area contributed by atoms with Crippen LogP contribution in [0.1, 0.15) is 28.9 Å². The number of nitrogens with zero attached hydrogens (tertiary/aromatic N) is 1. The molecule has 0 bridgehead atoms. The Hall–Kier alpha value is -1.37. The van der Waals surface area contributed by atoms with Crippen LogP contribution in [-0.2, 0) is 4.79 Å². The molecule has 1 unspecified atom stereocenters. The molecule has 0 saturated carbocycles. The zero-order chi connectivity index (χ0) is 18.5. The molecule has 1 saturated heterocycles. The van der Waals surface area contributed by atoms with Crippen LogP contribution < -0.4 is 10.2 Å². The van der Waals surface area contributed by atoms with Crippen LogP contribution in [0.5, 0.6) is 0 Å². The zero-order valence-corrected chi connectivity index (χ0v) is 17.4.